The quantitative estimate of drug-likeness (QED) is 0.676. The molecule has 2 aromatic rings. The van der Waals surface area contributed by atoms with Gasteiger partial charge in [-0.1, -0.05) is 30.0 Å². The molecule has 0 aliphatic rings. The van der Waals surface area contributed by atoms with E-state index in [9.17, 15) is 4.79 Å². The van der Waals surface area contributed by atoms with E-state index in [2.05, 4.69) is 0 Å². The normalized spacial score (nSPS) is 10.7. The number of nitrogen functional groups attached to an aromatic ring is 1. The van der Waals surface area contributed by atoms with Crippen LogP contribution in [0.15, 0.2) is 52.3 Å². The summed E-state index contributed by atoms with van der Waals surface area (Å²) in [5, 5.41) is 0. The van der Waals surface area contributed by atoms with Crippen molar-refractivity contribution >= 4 is 23.4 Å². The highest BCUT2D eigenvalue weighted by atomic mass is 32.2. The number of aryl methyl sites for hydroxylation is 1. The first-order valence-corrected chi connectivity index (χ1v) is 7.63. The average Bonchev–Trinajstić information content (AvgIpc) is 2.43. The van der Waals surface area contributed by atoms with E-state index in [0.29, 0.717) is 11.3 Å². The predicted molar refractivity (Wildman–Crippen MR) is 86.7 cm³/mol. The van der Waals surface area contributed by atoms with Gasteiger partial charge in [-0.05, 0) is 50.6 Å². The van der Waals surface area contributed by atoms with Crippen LogP contribution in [-0.4, -0.2) is 12.1 Å². The lowest BCUT2D eigenvalue weighted by atomic mass is 10.1. The zero-order chi connectivity index (χ0) is 15.4. The molecule has 0 saturated heterocycles. The maximum Gasteiger partial charge on any atom is 0.340 e. The third kappa shape index (κ3) is 4.02. The molecule has 0 aliphatic heterocycles. The van der Waals surface area contributed by atoms with E-state index in [1.807, 2.05) is 57.2 Å². The number of nitrogens with two attached hydrogens (primary N) is 1. The summed E-state index contributed by atoms with van der Waals surface area (Å²) in [5.74, 6) is -0.374. The van der Waals surface area contributed by atoms with Crippen LogP contribution in [0.2, 0.25) is 0 Å². The zero-order valence-corrected chi connectivity index (χ0v) is 13.2. The van der Waals surface area contributed by atoms with Crippen LogP contribution >= 0.6 is 11.8 Å². The van der Waals surface area contributed by atoms with Gasteiger partial charge in [0.05, 0.1) is 11.7 Å². The van der Waals surface area contributed by atoms with Crippen LogP contribution in [-0.2, 0) is 4.74 Å². The SMILES string of the molecule is Cc1cc(Sc2ccccc2)cc(C(=O)OC(C)C)c1N. The predicted octanol–water partition coefficient (Wildman–Crippen LogP) is 4.29. The number of esters is 1. The monoisotopic (exact) mass is 301 g/mol. The third-order valence-corrected chi connectivity index (χ3v) is 3.88. The molecular formula is C17H19NO2S. The Morgan fingerprint density at radius 3 is 2.43 bits per heavy atom. The van der Waals surface area contributed by atoms with Crippen LogP contribution in [0.5, 0.6) is 0 Å². The van der Waals surface area contributed by atoms with Gasteiger partial charge in [0, 0.05) is 15.5 Å². The molecule has 0 spiro atoms. The Bertz CT molecular complexity index is 639. The molecule has 0 saturated carbocycles. The van der Waals surface area contributed by atoms with Gasteiger partial charge < -0.3 is 10.5 Å². The lowest BCUT2D eigenvalue weighted by Gasteiger charge is -2.13. The average molecular weight is 301 g/mol. The molecule has 0 radical (unpaired) electrons. The third-order valence-electron chi connectivity index (χ3n) is 2.90. The number of benzene rings is 2. The molecular weight excluding hydrogens is 282 g/mol. The molecule has 2 N–H and O–H groups in total. The number of hydrogen-bond donors (Lipinski definition) is 1. The van der Waals surface area contributed by atoms with Crippen LogP contribution in [0.1, 0.15) is 29.8 Å². The molecule has 0 unspecified atom stereocenters. The molecule has 3 nitrogen and oxygen atoms in total. The summed E-state index contributed by atoms with van der Waals surface area (Å²) in [5.41, 5.74) is 7.81. The lowest BCUT2D eigenvalue weighted by molar-refractivity contribution is 0.0379. The molecule has 21 heavy (non-hydrogen) atoms. The van der Waals surface area contributed by atoms with Crippen molar-refractivity contribution in [2.24, 2.45) is 0 Å². The molecule has 0 aromatic heterocycles. The van der Waals surface area contributed by atoms with Crippen LogP contribution in [0.4, 0.5) is 5.69 Å². The van der Waals surface area contributed by atoms with Crippen molar-refractivity contribution in [3.63, 3.8) is 0 Å². The summed E-state index contributed by atoms with van der Waals surface area (Å²) in [7, 11) is 0. The fourth-order valence-corrected chi connectivity index (χ4v) is 2.87. The Hall–Kier alpha value is -1.94. The van der Waals surface area contributed by atoms with Crippen LogP contribution in [0.25, 0.3) is 0 Å². The summed E-state index contributed by atoms with van der Waals surface area (Å²) in [4.78, 5) is 14.2. The van der Waals surface area contributed by atoms with E-state index in [4.69, 9.17) is 10.5 Å². The first-order valence-electron chi connectivity index (χ1n) is 6.81. The van der Waals surface area contributed by atoms with Crippen molar-refractivity contribution in [3.8, 4) is 0 Å². The van der Waals surface area contributed by atoms with Crippen molar-refractivity contribution in [1.29, 1.82) is 0 Å². The number of rotatable bonds is 4. The molecule has 0 aliphatic carbocycles. The van der Waals surface area contributed by atoms with Gasteiger partial charge >= 0.3 is 5.97 Å². The first-order chi connectivity index (χ1) is 9.97. The highest BCUT2D eigenvalue weighted by molar-refractivity contribution is 7.99. The Balaban J connectivity index is 2.32. The maximum absolute atomic E-state index is 12.1. The number of ether oxygens (including phenoxy) is 1. The summed E-state index contributed by atoms with van der Waals surface area (Å²) in [6.07, 6.45) is -0.164. The Morgan fingerprint density at radius 1 is 1.14 bits per heavy atom. The zero-order valence-electron chi connectivity index (χ0n) is 12.4. The van der Waals surface area contributed by atoms with E-state index >= 15 is 0 Å². The van der Waals surface area contributed by atoms with Crippen LogP contribution in [0, 0.1) is 6.92 Å². The van der Waals surface area contributed by atoms with Gasteiger partial charge in [-0.25, -0.2) is 4.79 Å². The minimum absolute atomic E-state index is 0.164. The summed E-state index contributed by atoms with van der Waals surface area (Å²) < 4.78 is 5.25. The summed E-state index contributed by atoms with van der Waals surface area (Å²) in [6.45, 7) is 5.55. The number of anilines is 1. The largest absolute Gasteiger partial charge is 0.459 e. The van der Waals surface area contributed by atoms with Crippen molar-refractivity contribution in [2.45, 2.75) is 36.7 Å². The van der Waals surface area contributed by atoms with Crippen molar-refractivity contribution in [2.75, 3.05) is 5.73 Å². The Labute approximate surface area is 129 Å². The molecule has 0 fully saturated rings. The van der Waals surface area contributed by atoms with Gasteiger partial charge in [-0.2, -0.15) is 0 Å². The van der Waals surface area contributed by atoms with Gasteiger partial charge in [-0.3, -0.25) is 0 Å². The van der Waals surface area contributed by atoms with Gasteiger partial charge in [0.1, 0.15) is 0 Å². The number of carbonyl (C=O) groups excluding carboxylic acids is 1. The van der Waals surface area contributed by atoms with E-state index in [1.54, 1.807) is 17.8 Å². The Kier molecular flexibility index (Phi) is 4.91. The van der Waals surface area contributed by atoms with E-state index < -0.39 is 0 Å². The van der Waals surface area contributed by atoms with E-state index in [1.165, 1.54) is 0 Å². The van der Waals surface area contributed by atoms with Gasteiger partial charge in [-0.15, -0.1) is 0 Å². The topological polar surface area (TPSA) is 52.3 Å². The summed E-state index contributed by atoms with van der Waals surface area (Å²) >= 11 is 1.60. The van der Waals surface area contributed by atoms with Gasteiger partial charge in [0.2, 0.25) is 0 Å². The van der Waals surface area contributed by atoms with Gasteiger partial charge in [0.15, 0.2) is 0 Å². The fraction of sp³-hybridized carbons (Fsp3) is 0.235. The second kappa shape index (κ2) is 6.68. The Morgan fingerprint density at radius 2 is 1.81 bits per heavy atom. The molecule has 0 atom stereocenters. The molecule has 2 rings (SSSR count). The molecule has 4 heteroatoms. The molecule has 2 aromatic carbocycles. The molecule has 0 amide bonds. The molecule has 0 bridgehead atoms. The number of carbonyl (C=O) groups is 1. The van der Waals surface area contributed by atoms with E-state index in [-0.39, 0.29) is 12.1 Å². The van der Waals surface area contributed by atoms with E-state index in [0.717, 1.165) is 15.4 Å². The second-order valence-electron chi connectivity index (χ2n) is 5.07. The van der Waals surface area contributed by atoms with Crippen molar-refractivity contribution in [1.82, 2.24) is 0 Å². The van der Waals surface area contributed by atoms with Crippen molar-refractivity contribution < 1.29 is 9.53 Å². The van der Waals surface area contributed by atoms with Crippen LogP contribution in [0.3, 0.4) is 0 Å². The van der Waals surface area contributed by atoms with Gasteiger partial charge in [0.25, 0.3) is 0 Å². The minimum atomic E-state index is -0.374. The fourth-order valence-electron chi connectivity index (χ4n) is 1.90. The first kappa shape index (κ1) is 15.4. The smallest absolute Gasteiger partial charge is 0.340 e. The maximum atomic E-state index is 12.1. The standard InChI is InChI=1S/C17H19NO2S/c1-11(2)20-17(19)15-10-14(9-12(3)16(15)18)21-13-7-5-4-6-8-13/h4-11H,18H2,1-3H3. The van der Waals surface area contributed by atoms with Crippen LogP contribution < -0.4 is 5.73 Å². The van der Waals surface area contributed by atoms with Crippen molar-refractivity contribution in [3.05, 3.63) is 53.6 Å². The lowest BCUT2D eigenvalue weighted by Crippen LogP contribution is -2.14. The highest BCUT2D eigenvalue weighted by Crippen LogP contribution is 2.32. The second-order valence-corrected chi connectivity index (χ2v) is 6.22. The molecule has 110 valence electrons. The highest BCUT2D eigenvalue weighted by Gasteiger charge is 2.16. The number of hydrogen-bond acceptors (Lipinski definition) is 4. The summed E-state index contributed by atoms with van der Waals surface area (Å²) in [6, 6.07) is 13.8. The molecule has 0 heterocycles. The minimum Gasteiger partial charge on any atom is -0.459 e.